The summed E-state index contributed by atoms with van der Waals surface area (Å²) in [5.41, 5.74) is 3.66. The van der Waals surface area contributed by atoms with Crippen LogP contribution in [0.5, 0.6) is 5.75 Å². The maximum atomic E-state index is 12.3. The summed E-state index contributed by atoms with van der Waals surface area (Å²) in [5.74, 6) is 0.989. The van der Waals surface area contributed by atoms with E-state index in [1.54, 1.807) is 17.8 Å². The van der Waals surface area contributed by atoms with Gasteiger partial charge in [-0.15, -0.1) is 11.8 Å². The van der Waals surface area contributed by atoms with E-state index in [1.807, 2.05) is 49.6 Å². The summed E-state index contributed by atoms with van der Waals surface area (Å²) in [7, 11) is 0. The lowest BCUT2D eigenvalue weighted by atomic mass is 10.1. The van der Waals surface area contributed by atoms with Gasteiger partial charge in [-0.2, -0.15) is 0 Å². The second kappa shape index (κ2) is 8.77. The Morgan fingerprint density at radius 3 is 2.78 bits per heavy atom. The number of hydrogen-bond donors (Lipinski definition) is 1. The van der Waals surface area contributed by atoms with Crippen molar-refractivity contribution in [2.45, 2.75) is 31.9 Å². The van der Waals surface area contributed by atoms with Crippen molar-refractivity contribution in [1.29, 1.82) is 0 Å². The molecule has 0 aliphatic carbocycles. The molecule has 0 spiro atoms. The Balaban J connectivity index is 1.54. The zero-order valence-electron chi connectivity index (χ0n) is 15.6. The Labute approximate surface area is 163 Å². The molecule has 0 saturated carbocycles. The molecule has 27 heavy (non-hydrogen) atoms. The molecule has 140 valence electrons. The van der Waals surface area contributed by atoms with Gasteiger partial charge in [-0.3, -0.25) is 4.79 Å². The van der Waals surface area contributed by atoms with Gasteiger partial charge >= 0.3 is 0 Å². The van der Waals surface area contributed by atoms with E-state index in [-0.39, 0.29) is 18.2 Å². The summed E-state index contributed by atoms with van der Waals surface area (Å²) in [6, 6.07) is 15.5. The van der Waals surface area contributed by atoms with Gasteiger partial charge in [0.25, 0.3) is 5.91 Å². The zero-order chi connectivity index (χ0) is 19.2. The average molecular weight is 382 g/mol. The molecular weight excluding hydrogens is 360 g/mol. The normalized spacial score (nSPS) is 10.6. The lowest BCUT2D eigenvalue weighted by Gasteiger charge is -2.06. The van der Waals surface area contributed by atoms with Crippen molar-refractivity contribution in [2.75, 3.05) is 6.26 Å². The van der Waals surface area contributed by atoms with Crippen molar-refractivity contribution in [1.82, 2.24) is 10.5 Å². The van der Waals surface area contributed by atoms with Crippen molar-refractivity contribution in [3.8, 4) is 5.75 Å². The van der Waals surface area contributed by atoms with E-state index >= 15 is 0 Å². The van der Waals surface area contributed by atoms with Gasteiger partial charge in [0, 0.05) is 17.5 Å². The number of hydrogen-bond acceptors (Lipinski definition) is 5. The van der Waals surface area contributed by atoms with Crippen molar-refractivity contribution in [2.24, 2.45) is 0 Å². The number of nitrogens with one attached hydrogen (secondary N) is 1. The van der Waals surface area contributed by atoms with Crippen LogP contribution in [0, 0.1) is 13.8 Å². The average Bonchev–Trinajstić information content (AvgIpc) is 3.16. The molecular formula is C21H22N2O3S. The van der Waals surface area contributed by atoms with Gasteiger partial charge in [-0.1, -0.05) is 23.4 Å². The minimum absolute atomic E-state index is 0.221. The van der Waals surface area contributed by atoms with Crippen LogP contribution in [0.15, 0.2) is 57.9 Å². The SMILES string of the molecule is CSc1cccc(CNC(=O)c2cc(COc3ccc(C)c(C)c3)on2)c1. The third-order valence-electron chi connectivity index (χ3n) is 4.24. The third-order valence-corrected chi connectivity index (χ3v) is 4.96. The van der Waals surface area contributed by atoms with Gasteiger partial charge in [-0.25, -0.2) is 0 Å². The molecule has 0 atom stereocenters. The van der Waals surface area contributed by atoms with Crippen molar-refractivity contribution < 1.29 is 14.1 Å². The number of ether oxygens (including phenoxy) is 1. The highest BCUT2D eigenvalue weighted by molar-refractivity contribution is 7.98. The predicted molar refractivity (Wildman–Crippen MR) is 106 cm³/mol. The quantitative estimate of drug-likeness (QED) is 0.609. The van der Waals surface area contributed by atoms with Crippen LogP contribution >= 0.6 is 11.8 Å². The molecule has 3 aromatic rings. The second-order valence-corrected chi connectivity index (χ2v) is 7.13. The number of rotatable bonds is 7. The number of amides is 1. The van der Waals surface area contributed by atoms with E-state index in [0.29, 0.717) is 12.3 Å². The van der Waals surface area contributed by atoms with E-state index in [9.17, 15) is 4.79 Å². The summed E-state index contributed by atoms with van der Waals surface area (Å²) in [6.07, 6.45) is 2.02. The number of aromatic nitrogens is 1. The summed E-state index contributed by atoms with van der Waals surface area (Å²) in [4.78, 5) is 13.4. The molecule has 0 aliphatic rings. The number of carbonyl (C=O) groups is 1. The Bertz CT molecular complexity index is 937. The van der Waals surface area contributed by atoms with Crippen LogP contribution in [-0.2, 0) is 13.2 Å². The topological polar surface area (TPSA) is 64.4 Å². The van der Waals surface area contributed by atoms with Crippen LogP contribution in [0.3, 0.4) is 0 Å². The molecule has 3 rings (SSSR count). The molecule has 0 fully saturated rings. The summed E-state index contributed by atoms with van der Waals surface area (Å²) >= 11 is 1.67. The molecule has 5 nitrogen and oxygen atoms in total. The fraction of sp³-hybridized carbons (Fsp3) is 0.238. The van der Waals surface area contributed by atoms with Gasteiger partial charge in [0.15, 0.2) is 11.5 Å². The van der Waals surface area contributed by atoms with Crippen LogP contribution in [0.4, 0.5) is 0 Å². The van der Waals surface area contributed by atoms with Crippen molar-refractivity contribution >= 4 is 17.7 Å². The highest BCUT2D eigenvalue weighted by Gasteiger charge is 2.13. The third kappa shape index (κ3) is 5.14. The molecule has 0 bridgehead atoms. The first-order chi connectivity index (χ1) is 13.0. The predicted octanol–water partition coefficient (Wildman–Crippen LogP) is 4.52. The molecule has 1 amide bonds. The number of carbonyl (C=O) groups excluding carboxylic acids is 1. The van der Waals surface area contributed by atoms with Crippen LogP contribution in [0.1, 0.15) is 32.9 Å². The smallest absolute Gasteiger partial charge is 0.273 e. The van der Waals surface area contributed by atoms with E-state index in [1.165, 1.54) is 5.56 Å². The van der Waals surface area contributed by atoms with Gasteiger partial charge in [-0.05, 0) is 61.1 Å². The second-order valence-electron chi connectivity index (χ2n) is 6.25. The summed E-state index contributed by atoms with van der Waals surface area (Å²) in [5, 5.41) is 6.69. The van der Waals surface area contributed by atoms with Crippen LogP contribution in [-0.4, -0.2) is 17.3 Å². The monoisotopic (exact) mass is 382 g/mol. The minimum atomic E-state index is -0.272. The number of aryl methyl sites for hydroxylation is 2. The van der Waals surface area contributed by atoms with E-state index < -0.39 is 0 Å². The first-order valence-electron chi connectivity index (χ1n) is 8.62. The standard InChI is InChI=1S/C21H22N2O3S/c1-14-7-8-17(9-15(14)2)25-13-18-11-20(23-26-18)21(24)22-12-16-5-4-6-19(10-16)27-3/h4-11H,12-13H2,1-3H3,(H,22,24). The molecule has 0 unspecified atom stereocenters. The first kappa shape index (κ1) is 19.0. The van der Waals surface area contributed by atoms with E-state index in [4.69, 9.17) is 9.26 Å². The maximum absolute atomic E-state index is 12.3. The number of nitrogens with zero attached hydrogens (tertiary/aromatic N) is 1. The maximum Gasteiger partial charge on any atom is 0.273 e. The van der Waals surface area contributed by atoms with E-state index in [2.05, 4.69) is 23.5 Å². The lowest BCUT2D eigenvalue weighted by Crippen LogP contribution is -2.23. The summed E-state index contributed by atoms with van der Waals surface area (Å²) in [6.45, 7) is 4.75. The molecule has 0 aliphatic heterocycles. The van der Waals surface area contributed by atoms with Gasteiger partial charge in [0.1, 0.15) is 12.4 Å². The highest BCUT2D eigenvalue weighted by Crippen LogP contribution is 2.18. The highest BCUT2D eigenvalue weighted by atomic mass is 32.2. The fourth-order valence-electron chi connectivity index (χ4n) is 2.50. The molecule has 0 saturated heterocycles. The molecule has 0 radical (unpaired) electrons. The molecule has 2 aromatic carbocycles. The molecule has 6 heteroatoms. The Kier molecular flexibility index (Phi) is 6.19. The van der Waals surface area contributed by atoms with Crippen molar-refractivity contribution in [3.05, 3.63) is 76.7 Å². The van der Waals surface area contributed by atoms with E-state index in [0.717, 1.165) is 21.8 Å². The fourth-order valence-corrected chi connectivity index (χ4v) is 2.99. The first-order valence-corrected chi connectivity index (χ1v) is 9.84. The largest absolute Gasteiger partial charge is 0.486 e. The van der Waals surface area contributed by atoms with Crippen LogP contribution in [0.2, 0.25) is 0 Å². The Morgan fingerprint density at radius 2 is 2.00 bits per heavy atom. The zero-order valence-corrected chi connectivity index (χ0v) is 16.4. The van der Waals surface area contributed by atoms with Crippen LogP contribution < -0.4 is 10.1 Å². The number of benzene rings is 2. The lowest BCUT2D eigenvalue weighted by molar-refractivity contribution is 0.0941. The van der Waals surface area contributed by atoms with Crippen LogP contribution in [0.25, 0.3) is 0 Å². The molecule has 1 N–H and O–H groups in total. The van der Waals surface area contributed by atoms with Gasteiger partial charge in [0.2, 0.25) is 0 Å². The Hall–Kier alpha value is -2.73. The Morgan fingerprint density at radius 1 is 1.15 bits per heavy atom. The molecule has 1 heterocycles. The van der Waals surface area contributed by atoms with Gasteiger partial charge in [0.05, 0.1) is 0 Å². The number of thioether (sulfide) groups is 1. The minimum Gasteiger partial charge on any atom is -0.486 e. The van der Waals surface area contributed by atoms with Gasteiger partial charge < -0.3 is 14.6 Å². The van der Waals surface area contributed by atoms with Crippen molar-refractivity contribution in [3.63, 3.8) is 0 Å². The molecule has 1 aromatic heterocycles. The summed E-state index contributed by atoms with van der Waals surface area (Å²) < 4.78 is 10.9.